The summed E-state index contributed by atoms with van der Waals surface area (Å²) in [5, 5.41) is 10.0. The molecule has 2 aromatic rings. The van der Waals surface area contributed by atoms with Crippen molar-refractivity contribution < 1.29 is 14.6 Å². The minimum Gasteiger partial charge on any atom is -0.478 e. The molecule has 1 N–H and O–H groups in total. The molecule has 0 saturated carbocycles. The number of hydrogen-bond acceptors (Lipinski definition) is 2. The van der Waals surface area contributed by atoms with Crippen molar-refractivity contribution >= 4 is 16.9 Å². The van der Waals surface area contributed by atoms with Crippen molar-refractivity contribution in [3.8, 4) is 0 Å². The number of aryl methyl sites for hydroxylation is 1. The van der Waals surface area contributed by atoms with E-state index in [9.17, 15) is 4.79 Å². The van der Waals surface area contributed by atoms with Crippen LogP contribution < -0.4 is 0 Å². The minimum atomic E-state index is -0.883. The summed E-state index contributed by atoms with van der Waals surface area (Å²) in [6, 6.07) is 5.30. The van der Waals surface area contributed by atoms with Gasteiger partial charge in [-0.2, -0.15) is 0 Å². The molecule has 0 unspecified atom stereocenters. The summed E-state index contributed by atoms with van der Waals surface area (Å²) in [6.45, 7) is 4.19. The summed E-state index contributed by atoms with van der Waals surface area (Å²) in [5.41, 5.74) is 3.73. The van der Waals surface area contributed by atoms with Crippen molar-refractivity contribution in [1.82, 2.24) is 4.57 Å². The predicted molar refractivity (Wildman–Crippen MR) is 63.3 cm³/mol. The topological polar surface area (TPSA) is 51.5 Å². The highest BCUT2D eigenvalue weighted by molar-refractivity contribution is 5.95. The fourth-order valence-electron chi connectivity index (χ4n) is 2.47. The average Bonchev–Trinajstić information content (AvgIpc) is 2.64. The summed E-state index contributed by atoms with van der Waals surface area (Å²) >= 11 is 0. The first-order valence-corrected chi connectivity index (χ1v) is 5.61. The molecule has 1 aliphatic heterocycles. The van der Waals surface area contributed by atoms with Crippen LogP contribution in [0, 0.1) is 6.92 Å². The van der Waals surface area contributed by atoms with Gasteiger partial charge in [0.1, 0.15) is 0 Å². The van der Waals surface area contributed by atoms with E-state index in [1.807, 2.05) is 13.0 Å². The second kappa shape index (κ2) is 3.60. The molecule has 3 rings (SSSR count). The maximum atomic E-state index is 11.0. The Balaban J connectivity index is 2.30. The third-order valence-electron chi connectivity index (χ3n) is 3.40. The van der Waals surface area contributed by atoms with E-state index in [0.717, 1.165) is 35.3 Å². The lowest BCUT2D eigenvalue weighted by Crippen LogP contribution is -2.16. The van der Waals surface area contributed by atoms with E-state index in [1.54, 1.807) is 12.1 Å². The van der Waals surface area contributed by atoms with Crippen LogP contribution in [0.15, 0.2) is 18.2 Å². The number of hydrogen-bond donors (Lipinski definition) is 1. The molecule has 1 aromatic carbocycles. The van der Waals surface area contributed by atoms with Crippen LogP contribution in [-0.4, -0.2) is 22.2 Å². The molecule has 17 heavy (non-hydrogen) atoms. The van der Waals surface area contributed by atoms with Crippen molar-refractivity contribution in [3.05, 3.63) is 35.0 Å². The van der Waals surface area contributed by atoms with E-state index in [1.165, 1.54) is 0 Å². The molecular weight excluding hydrogens is 218 g/mol. The van der Waals surface area contributed by atoms with Crippen LogP contribution in [0.25, 0.3) is 10.9 Å². The molecule has 0 saturated heterocycles. The van der Waals surface area contributed by atoms with E-state index in [0.29, 0.717) is 12.2 Å². The maximum absolute atomic E-state index is 11.0. The third kappa shape index (κ3) is 1.45. The molecule has 0 atom stereocenters. The summed E-state index contributed by atoms with van der Waals surface area (Å²) in [4.78, 5) is 11.0. The quantitative estimate of drug-likeness (QED) is 0.818. The Kier molecular flexibility index (Phi) is 2.19. The van der Waals surface area contributed by atoms with Gasteiger partial charge in [0.05, 0.1) is 18.8 Å². The van der Waals surface area contributed by atoms with Gasteiger partial charge in [-0.15, -0.1) is 0 Å². The molecule has 1 aromatic heterocycles. The number of carboxylic acids is 1. The first-order chi connectivity index (χ1) is 8.18. The van der Waals surface area contributed by atoms with Crippen LogP contribution in [0.5, 0.6) is 0 Å². The summed E-state index contributed by atoms with van der Waals surface area (Å²) < 4.78 is 7.67. The zero-order valence-electron chi connectivity index (χ0n) is 9.56. The highest BCUT2D eigenvalue weighted by atomic mass is 16.5. The minimum absolute atomic E-state index is 0.337. The summed E-state index contributed by atoms with van der Waals surface area (Å²) in [6.07, 6.45) is 0. The Hall–Kier alpha value is -1.81. The number of benzene rings is 1. The Morgan fingerprint density at radius 3 is 3.06 bits per heavy atom. The Morgan fingerprint density at radius 2 is 2.29 bits per heavy atom. The van der Waals surface area contributed by atoms with Gasteiger partial charge in [0.15, 0.2) is 0 Å². The van der Waals surface area contributed by atoms with E-state index >= 15 is 0 Å². The molecule has 1 aliphatic rings. The fourth-order valence-corrected chi connectivity index (χ4v) is 2.47. The molecule has 0 fully saturated rings. The number of carbonyl (C=O) groups is 1. The second-order valence-corrected chi connectivity index (χ2v) is 4.31. The molecule has 4 nitrogen and oxygen atoms in total. The lowest BCUT2D eigenvalue weighted by molar-refractivity contribution is 0.0697. The zero-order chi connectivity index (χ0) is 12.0. The third-order valence-corrected chi connectivity index (χ3v) is 3.40. The smallest absolute Gasteiger partial charge is 0.335 e. The van der Waals surface area contributed by atoms with Crippen molar-refractivity contribution in [2.75, 3.05) is 6.61 Å². The van der Waals surface area contributed by atoms with Crippen molar-refractivity contribution in [1.29, 1.82) is 0 Å². The van der Waals surface area contributed by atoms with Crippen LogP contribution in [0.1, 0.15) is 21.6 Å². The Morgan fingerprint density at radius 1 is 1.47 bits per heavy atom. The number of ether oxygens (including phenoxy) is 1. The normalized spacial score (nSPS) is 14.9. The van der Waals surface area contributed by atoms with Gasteiger partial charge in [0.2, 0.25) is 0 Å². The lowest BCUT2D eigenvalue weighted by atomic mass is 10.1. The SMILES string of the molecule is Cc1c2n(c3ccc(C(=O)O)cc13)CCOC2. The molecule has 0 bridgehead atoms. The number of fused-ring (bicyclic) bond motifs is 3. The monoisotopic (exact) mass is 231 g/mol. The Labute approximate surface area is 98.4 Å². The first-order valence-electron chi connectivity index (χ1n) is 5.61. The molecule has 0 aliphatic carbocycles. The zero-order valence-corrected chi connectivity index (χ0v) is 9.56. The van der Waals surface area contributed by atoms with Crippen LogP contribution in [-0.2, 0) is 17.9 Å². The van der Waals surface area contributed by atoms with Gasteiger partial charge in [-0.05, 0) is 30.7 Å². The number of aromatic carboxylic acids is 1. The summed E-state index contributed by atoms with van der Waals surface area (Å²) in [7, 11) is 0. The highest BCUT2D eigenvalue weighted by Crippen LogP contribution is 2.29. The maximum Gasteiger partial charge on any atom is 0.335 e. The molecule has 0 amide bonds. The van der Waals surface area contributed by atoms with Crippen LogP contribution >= 0.6 is 0 Å². The van der Waals surface area contributed by atoms with E-state index in [2.05, 4.69) is 4.57 Å². The largest absolute Gasteiger partial charge is 0.478 e. The molecule has 0 spiro atoms. The van der Waals surface area contributed by atoms with Crippen molar-refractivity contribution in [2.24, 2.45) is 0 Å². The van der Waals surface area contributed by atoms with Crippen molar-refractivity contribution in [2.45, 2.75) is 20.1 Å². The molecule has 0 radical (unpaired) electrons. The standard InChI is InChI=1S/C13H13NO3/c1-8-10-6-9(13(15)16)2-3-11(10)14-4-5-17-7-12(8)14/h2-3,6H,4-5,7H2,1H3,(H,15,16). The summed E-state index contributed by atoms with van der Waals surface area (Å²) in [5.74, 6) is -0.883. The molecule has 88 valence electrons. The van der Waals surface area contributed by atoms with E-state index in [4.69, 9.17) is 9.84 Å². The van der Waals surface area contributed by atoms with Crippen molar-refractivity contribution in [3.63, 3.8) is 0 Å². The number of aromatic nitrogens is 1. The van der Waals surface area contributed by atoms with Gasteiger partial charge >= 0.3 is 5.97 Å². The first kappa shape index (κ1) is 10.4. The van der Waals surface area contributed by atoms with Crippen LogP contribution in [0.2, 0.25) is 0 Å². The van der Waals surface area contributed by atoms with Crippen LogP contribution in [0.4, 0.5) is 0 Å². The number of nitrogens with zero attached hydrogens (tertiary/aromatic N) is 1. The van der Waals surface area contributed by atoms with Gasteiger partial charge < -0.3 is 14.4 Å². The van der Waals surface area contributed by atoms with E-state index in [-0.39, 0.29) is 0 Å². The lowest BCUT2D eigenvalue weighted by Gasteiger charge is -2.17. The van der Waals surface area contributed by atoms with Gasteiger partial charge in [-0.3, -0.25) is 0 Å². The molecule has 4 heteroatoms. The van der Waals surface area contributed by atoms with Gasteiger partial charge in [0, 0.05) is 23.1 Å². The fraction of sp³-hybridized carbons (Fsp3) is 0.308. The molecule has 2 heterocycles. The Bertz CT molecular complexity index is 613. The van der Waals surface area contributed by atoms with Crippen LogP contribution in [0.3, 0.4) is 0 Å². The molecular formula is C13H13NO3. The van der Waals surface area contributed by atoms with Gasteiger partial charge in [-0.25, -0.2) is 4.79 Å². The number of carboxylic acid groups (broad SMARTS) is 1. The number of rotatable bonds is 1. The average molecular weight is 231 g/mol. The second-order valence-electron chi connectivity index (χ2n) is 4.31. The van der Waals surface area contributed by atoms with Gasteiger partial charge in [0.25, 0.3) is 0 Å². The van der Waals surface area contributed by atoms with E-state index < -0.39 is 5.97 Å². The predicted octanol–water partition coefficient (Wildman–Crippen LogP) is 2.18. The highest BCUT2D eigenvalue weighted by Gasteiger charge is 2.18. The van der Waals surface area contributed by atoms with Gasteiger partial charge in [-0.1, -0.05) is 0 Å².